The highest BCUT2D eigenvalue weighted by atomic mass is 35.5. The van der Waals surface area contributed by atoms with Crippen LogP contribution in [0.25, 0.3) is 0 Å². The minimum absolute atomic E-state index is 0. The van der Waals surface area contributed by atoms with E-state index in [1.807, 2.05) is 5.32 Å². The van der Waals surface area contributed by atoms with Crippen LogP contribution in [0.15, 0.2) is 0 Å². The first-order chi connectivity index (χ1) is 13.5. The highest BCUT2D eigenvalue weighted by Gasteiger charge is 2.64. The van der Waals surface area contributed by atoms with Crippen molar-refractivity contribution in [2.75, 3.05) is 0 Å². The molecule has 1 saturated heterocycles. The summed E-state index contributed by atoms with van der Waals surface area (Å²) in [7, 11) is 0. The maximum Gasteiger partial charge on any atom is 0.471 e. The molecule has 2 amide bonds. The van der Waals surface area contributed by atoms with Crippen LogP contribution in [0.4, 0.5) is 13.2 Å². The first kappa shape index (κ1) is 21.7. The van der Waals surface area contributed by atoms with Crippen LogP contribution in [-0.4, -0.2) is 51.7 Å². The quantitative estimate of drug-likeness (QED) is 0.694. The molecule has 0 radical (unpaired) electrons. The number of hydrogen-bond acceptors (Lipinski definition) is 4. The first-order valence-corrected chi connectivity index (χ1v) is 10.4. The van der Waals surface area contributed by atoms with Crippen molar-refractivity contribution < 1.29 is 27.9 Å². The van der Waals surface area contributed by atoms with Gasteiger partial charge in [0.25, 0.3) is 0 Å². The highest BCUT2D eigenvalue weighted by molar-refractivity contribution is 5.91. The standard InChI is InChI=1S/C20H24F3N3O3.ClH/c21-20(22,23)17(28)25-15(16(27)26-13(8-24)2-12-3-14(12)26)18-4-10-1-11(5-18)7-19(29,6-10)9-18;/h10-15,29H,1-7,9H2,(H,25,28);1H/t10-,11+,12-,13+,14+,15-,18?,19?;/m1./s1. The van der Waals surface area contributed by atoms with Crippen LogP contribution in [0.3, 0.4) is 0 Å². The SMILES string of the molecule is Cl.N#C[C@@H]1C[C@@H]2C[C@@H]2N1C(=O)[C@@H](NC(=O)C(F)(F)F)C12C[C@@H]3C[C@@H](CC(O)(C3)C1)C2. The molecule has 4 bridgehead atoms. The smallest absolute Gasteiger partial charge is 0.390 e. The zero-order chi connectivity index (χ0) is 20.8. The molecule has 6 nitrogen and oxygen atoms in total. The zero-order valence-electron chi connectivity index (χ0n) is 16.3. The van der Waals surface area contributed by atoms with Gasteiger partial charge >= 0.3 is 12.1 Å². The molecule has 1 aliphatic heterocycles. The number of aliphatic hydroxyl groups is 1. The topological polar surface area (TPSA) is 93.4 Å². The number of piperidine rings is 1. The molecule has 166 valence electrons. The van der Waals surface area contributed by atoms with Gasteiger partial charge in [0, 0.05) is 11.5 Å². The maximum atomic E-state index is 13.5. The summed E-state index contributed by atoms with van der Waals surface area (Å²) >= 11 is 0. The third-order valence-corrected chi connectivity index (χ3v) is 7.98. The van der Waals surface area contributed by atoms with Crippen LogP contribution in [-0.2, 0) is 9.59 Å². The van der Waals surface area contributed by atoms with Gasteiger partial charge in [-0.3, -0.25) is 9.59 Å². The number of halogens is 4. The second-order valence-corrected chi connectivity index (χ2v) is 10.1. The van der Waals surface area contributed by atoms with Crippen LogP contribution < -0.4 is 5.32 Å². The van der Waals surface area contributed by atoms with Gasteiger partial charge < -0.3 is 15.3 Å². The van der Waals surface area contributed by atoms with Crippen molar-refractivity contribution in [2.24, 2.45) is 23.2 Å². The summed E-state index contributed by atoms with van der Waals surface area (Å²) in [6.07, 6.45) is -0.406. The molecule has 6 aliphatic rings. The fraction of sp³-hybridized carbons (Fsp3) is 0.850. The molecule has 1 heterocycles. The van der Waals surface area contributed by atoms with E-state index in [-0.39, 0.29) is 42.6 Å². The van der Waals surface area contributed by atoms with Gasteiger partial charge in [-0.25, -0.2) is 0 Å². The summed E-state index contributed by atoms with van der Waals surface area (Å²) in [5.74, 6) is -2.18. The van der Waals surface area contributed by atoms with E-state index in [9.17, 15) is 33.1 Å². The lowest BCUT2D eigenvalue weighted by Gasteiger charge is -2.62. The average molecular weight is 448 g/mol. The molecule has 0 aromatic carbocycles. The monoisotopic (exact) mass is 447 g/mol. The number of amides is 2. The number of hydrogen-bond donors (Lipinski definition) is 2. The number of likely N-dealkylation sites (tertiary alicyclic amines) is 1. The predicted molar refractivity (Wildman–Crippen MR) is 100 cm³/mol. The Hall–Kier alpha value is -1.53. The van der Waals surface area contributed by atoms with E-state index in [0.717, 1.165) is 12.8 Å². The van der Waals surface area contributed by atoms with E-state index in [2.05, 4.69) is 6.07 Å². The van der Waals surface area contributed by atoms with Crippen LogP contribution in [0.2, 0.25) is 0 Å². The molecule has 2 N–H and O–H groups in total. The van der Waals surface area contributed by atoms with E-state index in [0.29, 0.717) is 32.1 Å². The van der Waals surface area contributed by atoms with E-state index in [1.54, 1.807) is 0 Å². The van der Waals surface area contributed by atoms with E-state index >= 15 is 0 Å². The number of alkyl halides is 3. The third-order valence-electron chi connectivity index (χ3n) is 7.98. The molecule has 6 fully saturated rings. The molecule has 6 rings (SSSR count). The molecule has 0 spiro atoms. The van der Waals surface area contributed by atoms with Gasteiger partial charge in [0.05, 0.1) is 11.7 Å². The highest BCUT2D eigenvalue weighted by Crippen LogP contribution is 2.63. The van der Waals surface area contributed by atoms with Crippen molar-refractivity contribution in [3.8, 4) is 6.07 Å². The van der Waals surface area contributed by atoms with Gasteiger partial charge in [-0.1, -0.05) is 0 Å². The van der Waals surface area contributed by atoms with Gasteiger partial charge in [-0.15, -0.1) is 12.4 Å². The Morgan fingerprint density at radius 3 is 2.30 bits per heavy atom. The number of carbonyl (C=O) groups is 2. The summed E-state index contributed by atoms with van der Waals surface area (Å²) in [6.45, 7) is 0. The second kappa shape index (κ2) is 6.73. The van der Waals surface area contributed by atoms with E-state index in [4.69, 9.17) is 0 Å². The predicted octanol–water partition coefficient (Wildman–Crippen LogP) is 2.30. The molecule has 10 heteroatoms. The van der Waals surface area contributed by atoms with E-state index in [1.165, 1.54) is 4.90 Å². The Kier molecular flexibility index (Phi) is 4.87. The van der Waals surface area contributed by atoms with Gasteiger partial charge in [-0.05, 0) is 69.1 Å². The Bertz CT molecular complexity index is 799. The molecular weight excluding hydrogens is 423 g/mol. The van der Waals surface area contributed by atoms with Crippen molar-refractivity contribution in [1.29, 1.82) is 5.26 Å². The van der Waals surface area contributed by atoms with Crippen molar-refractivity contribution in [3.05, 3.63) is 0 Å². The summed E-state index contributed by atoms with van der Waals surface area (Å²) in [5.41, 5.74) is -1.86. The van der Waals surface area contributed by atoms with Crippen LogP contribution >= 0.6 is 12.4 Å². The minimum atomic E-state index is -5.10. The van der Waals surface area contributed by atoms with Gasteiger partial charge in [0.15, 0.2) is 0 Å². The Morgan fingerprint density at radius 1 is 1.13 bits per heavy atom. The Labute approximate surface area is 178 Å². The minimum Gasteiger partial charge on any atom is -0.390 e. The first-order valence-electron chi connectivity index (χ1n) is 10.4. The van der Waals surface area contributed by atoms with Gasteiger partial charge in [0.1, 0.15) is 12.1 Å². The number of rotatable bonds is 3. The average Bonchev–Trinajstić information content (AvgIpc) is 3.25. The van der Waals surface area contributed by atoms with Crippen molar-refractivity contribution in [3.63, 3.8) is 0 Å². The number of nitrogens with one attached hydrogen (secondary N) is 1. The fourth-order valence-corrected chi connectivity index (χ4v) is 7.35. The van der Waals surface area contributed by atoms with Crippen LogP contribution in [0.5, 0.6) is 0 Å². The Balaban J connectivity index is 0.00000218. The molecule has 0 aromatic rings. The molecule has 2 unspecified atom stereocenters. The van der Waals surface area contributed by atoms with Gasteiger partial charge in [-0.2, -0.15) is 18.4 Å². The summed E-state index contributed by atoms with van der Waals surface area (Å²) in [5, 5.41) is 22.5. The molecule has 5 aliphatic carbocycles. The summed E-state index contributed by atoms with van der Waals surface area (Å²) in [6, 6.07) is -0.0360. The number of fused-ring (bicyclic) bond motifs is 1. The zero-order valence-corrected chi connectivity index (χ0v) is 17.1. The molecular formula is C20H25ClF3N3O3. The fourth-order valence-electron chi connectivity index (χ4n) is 7.35. The number of carbonyl (C=O) groups excluding carboxylic acids is 2. The number of nitrogens with zero attached hydrogens (tertiary/aromatic N) is 2. The van der Waals surface area contributed by atoms with Crippen LogP contribution in [0.1, 0.15) is 51.4 Å². The normalized spacial score (nSPS) is 44.0. The van der Waals surface area contributed by atoms with Crippen molar-refractivity contribution in [2.45, 2.75) is 81.3 Å². The molecule has 0 aromatic heterocycles. The lowest BCUT2D eigenvalue weighted by atomic mass is 9.46. The molecule has 8 atom stereocenters. The summed E-state index contributed by atoms with van der Waals surface area (Å²) in [4.78, 5) is 26.8. The largest absolute Gasteiger partial charge is 0.471 e. The number of nitriles is 1. The van der Waals surface area contributed by atoms with Crippen molar-refractivity contribution >= 4 is 24.2 Å². The lowest BCUT2D eigenvalue weighted by molar-refractivity contribution is -0.191. The lowest BCUT2D eigenvalue weighted by Crippen LogP contribution is -2.67. The van der Waals surface area contributed by atoms with E-state index < -0.39 is 41.1 Å². The molecule has 5 saturated carbocycles. The Morgan fingerprint density at radius 2 is 1.77 bits per heavy atom. The van der Waals surface area contributed by atoms with Crippen molar-refractivity contribution in [1.82, 2.24) is 10.2 Å². The van der Waals surface area contributed by atoms with Gasteiger partial charge in [0.2, 0.25) is 5.91 Å². The third kappa shape index (κ3) is 3.27. The maximum absolute atomic E-state index is 13.5. The van der Waals surface area contributed by atoms with Crippen LogP contribution in [0, 0.1) is 34.5 Å². The summed E-state index contributed by atoms with van der Waals surface area (Å²) < 4.78 is 39.3. The molecule has 30 heavy (non-hydrogen) atoms. The second-order valence-electron chi connectivity index (χ2n) is 10.1.